The van der Waals surface area contributed by atoms with Gasteiger partial charge in [-0.1, -0.05) is 0 Å². The minimum atomic E-state index is -0.200. The summed E-state index contributed by atoms with van der Waals surface area (Å²) < 4.78 is 14.9. The highest BCUT2D eigenvalue weighted by atomic mass is 127. The van der Waals surface area contributed by atoms with E-state index in [1.807, 2.05) is 11.6 Å². The molecule has 2 rings (SSSR count). The second-order valence-corrected chi connectivity index (χ2v) is 7.16. The van der Waals surface area contributed by atoms with Gasteiger partial charge in [0.05, 0.1) is 5.69 Å². The lowest BCUT2D eigenvalue weighted by atomic mass is 10.4. The number of benzene rings is 1. The number of halogens is 2. The standard InChI is InChI=1S/C19H28FN5S.HI/c1-4-21-19(22-10-5-12-25-16(3)14-15(2)24-25)23-11-13-26-18-8-6-17(20)7-9-18;/h6-9,14H,4-5,10-13H2,1-3H3,(H2,21,22,23);1H. The molecule has 0 amide bonds. The molecule has 0 bridgehead atoms. The summed E-state index contributed by atoms with van der Waals surface area (Å²) in [6.45, 7) is 9.40. The molecule has 8 heteroatoms. The number of rotatable bonds is 9. The van der Waals surface area contributed by atoms with Crippen molar-refractivity contribution in [2.45, 2.75) is 38.6 Å². The van der Waals surface area contributed by atoms with Crippen LogP contribution in [0, 0.1) is 19.7 Å². The van der Waals surface area contributed by atoms with Gasteiger partial charge in [-0.25, -0.2) is 4.39 Å². The number of aliphatic imine (C=N–C) groups is 1. The highest BCUT2D eigenvalue weighted by Crippen LogP contribution is 2.17. The molecule has 2 N–H and O–H groups in total. The number of hydrogen-bond acceptors (Lipinski definition) is 3. The van der Waals surface area contributed by atoms with Gasteiger partial charge in [0.25, 0.3) is 0 Å². The topological polar surface area (TPSA) is 54.2 Å². The van der Waals surface area contributed by atoms with Crippen molar-refractivity contribution in [1.82, 2.24) is 20.4 Å². The van der Waals surface area contributed by atoms with E-state index in [-0.39, 0.29) is 29.8 Å². The maximum Gasteiger partial charge on any atom is 0.191 e. The van der Waals surface area contributed by atoms with Crippen molar-refractivity contribution in [1.29, 1.82) is 0 Å². The van der Waals surface area contributed by atoms with E-state index in [0.717, 1.165) is 54.9 Å². The Morgan fingerprint density at radius 1 is 1.22 bits per heavy atom. The van der Waals surface area contributed by atoms with E-state index in [9.17, 15) is 4.39 Å². The molecule has 1 aromatic carbocycles. The van der Waals surface area contributed by atoms with Crippen molar-refractivity contribution in [2.24, 2.45) is 4.99 Å². The summed E-state index contributed by atoms with van der Waals surface area (Å²) in [7, 11) is 0. The quantitative estimate of drug-likeness (QED) is 0.178. The number of aromatic nitrogens is 2. The summed E-state index contributed by atoms with van der Waals surface area (Å²) in [5.74, 6) is 1.53. The lowest BCUT2D eigenvalue weighted by molar-refractivity contribution is 0.567. The third-order valence-electron chi connectivity index (χ3n) is 3.72. The summed E-state index contributed by atoms with van der Waals surface area (Å²) >= 11 is 1.70. The fraction of sp³-hybridized carbons (Fsp3) is 0.474. The minimum absolute atomic E-state index is 0. The maximum absolute atomic E-state index is 12.9. The van der Waals surface area contributed by atoms with Crippen molar-refractivity contribution in [3.63, 3.8) is 0 Å². The highest BCUT2D eigenvalue weighted by Gasteiger charge is 2.01. The van der Waals surface area contributed by atoms with E-state index < -0.39 is 0 Å². The first-order valence-electron chi connectivity index (χ1n) is 9.00. The first-order chi connectivity index (χ1) is 12.6. The third-order valence-corrected chi connectivity index (χ3v) is 4.74. The molecule has 0 saturated carbocycles. The van der Waals surface area contributed by atoms with Crippen LogP contribution in [0.15, 0.2) is 40.2 Å². The van der Waals surface area contributed by atoms with Gasteiger partial charge in [0.2, 0.25) is 0 Å². The monoisotopic (exact) mass is 505 g/mol. The van der Waals surface area contributed by atoms with Gasteiger partial charge in [0, 0.05) is 42.5 Å². The molecular formula is C19H29FIN5S. The molecule has 150 valence electrons. The number of aryl methyl sites for hydroxylation is 3. The van der Waals surface area contributed by atoms with Gasteiger partial charge in [0.15, 0.2) is 5.96 Å². The Morgan fingerprint density at radius 3 is 2.59 bits per heavy atom. The Balaban J connectivity index is 0.00000364. The number of nitrogens with zero attached hydrogens (tertiary/aromatic N) is 3. The maximum atomic E-state index is 12.9. The average molecular weight is 505 g/mol. The van der Waals surface area contributed by atoms with Gasteiger partial charge >= 0.3 is 0 Å². The van der Waals surface area contributed by atoms with Crippen molar-refractivity contribution in [3.8, 4) is 0 Å². The van der Waals surface area contributed by atoms with Crippen molar-refractivity contribution < 1.29 is 4.39 Å². The van der Waals surface area contributed by atoms with E-state index in [2.05, 4.69) is 40.6 Å². The Hall–Kier alpha value is -1.29. The van der Waals surface area contributed by atoms with Gasteiger partial charge in [-0.05, 0) is 57.5 Å². The van der Waals surface area contributed by atoms with Crippen molar-refractivity contribution in [3.05, 3.63) is 47.5 Å². The van der Waals surface area contributed by atoms with Crippen LogP contribution in [0.3, 0.4) is 0 Å². The summed E-state index contributed by atoms with van der Waals surface area (Å²) in [4.78, 5) is 5.69. The lowest BCUT2D eigenvalue weighted by Gasteiger charge is -2.11. The summed E-state index contributed by atoms with van der Waals surface area (Å²) in [6, 6.07) is 8.68. The van der Waals surface area contributed by atoms with Crippen LogP contribution < -0.4 is 10.6 Å². The average Bonchev–Trinajstić information content (AvgIpc) is 2.94. The van der Waals surface area contributed by atoms with Crippen LogP contribution in [0.2, 0.25) is 0 Å². The predicted molar refractivity (Wildman–Crippen MR) is 123 cm³/mol. The number of guanidine groups is 1. The summed E-state index contributed by atoms with van der Waals surface area (Å²) in [5, 5.41) is 11.1. The molecule has 1 aromatic heterocycles. The Labute approximate surface area is 182 Å². The smallest absolute Gasteiger partial charge is 0.191 e. The van der Waals surface area contributed by atoms with Gasteiger partial charge in [-0.15, -0.1) is 35.7 Å². The fourth-order valence-corrected chi connectivity index (χ4v) is 3.29. The van der Waals surface area contributed by atoms with Gasteiger partial charge in [-0.2, -0.15) is 5.10 Å². The molecule has 1 heterocycles. The summed E-state index contributed by atoms with van der Waals surface area (Å²) in [5.41, 5.74) is 2.24. The Morgan fingerprint density at radius 2 is 1.96 bits per heavy atom. The van der Waals surface area contributed by atoms with Crippen LogP contribution in [0.5, 0.6) is 0 Å². The summed E-state index contributed by atoms with van der Waals surface area (Å²) in [6.07, 6.45) is 0.947. The third kappa shape index (κ3) is 8.96. The molecule has 0 radical (unpaired) electrons. The van der Waals surface area contributed by atoms with Crippen molar-refractivity contribution >= 4 is 41.7 Å². The molecule has 0 saturated heterocycles. The predicted octanol–water partition coefficient (Wildman–Crippen LogP) is 3.99. The molecule has 0 aliphatic heterocycles. The van der Waals surface area contributed by atoms with E-state index in [1.165, 1.54) is 17.8 Å². The van der Waals surface area contributed by atoms with E-state index in [0.29, 0.717) is 0 Å². The molecule has 0 spiro atoms. The highest BCUT2D eigenvalue weighted by molar-refractivity contribution is 14.0. The largest absolute Gasteiger partial charge is 0.357 e. The number of nitrogens with one attached hydrogen (secondary N) is 2. The Bertz CT molecular complexity index is 703. The molecule has 5 nitrogen and oxygen atoms in total. The van der Waals surface area contributed by atoms with Crippen LogP contribution in [-0.2, 0) is 6.54 Å². The fourth-order valence-electron chi connectivity index (χ4n) is 2.52. The zero-order valence-electron chi connectivity index (χ0n) is 16.2. The van der Waals surface area contributed by atoms with Crippen LogP contribution >= 0.6 is 35.7 Å². The minimum Gasteiger partial charge on any atom is -0.357 e. The SMILES string of the molecule is CCNC(=NCCCn1nc(C)cc1C)NCCSc1ccc(F)cc1.I. The lowest BCUT2D eigenvalue weighted by Crippen LogP contribution is -2.38. The van der Waals surface area contributed by atoms with Crippen LogP contribution in [0.25, 0.3) is 0 Å². The van der Waals surface area contributed by atoms with Crippen LogP contribution in [0.4, 0.5) is 4.39 Å². The first kappa shape index (κ1) is 23.7. The van der Waals surface area contributed by atoms with Gasteiger partial charge < -0.3 is 10.6 Å². The molecular weight excluding hydrogens is 476 g/mol. The van der Waals surface area contributed by atoms with E-state index in [1.54, 1.807) is 23.9 Å². The van der Waals surface area contributed by atoms with Gasteiger partial charge in [-0.3, -0.25) is 9.67 Å². The first-order valence-corrected chi connectivity index (χ1v) is 9.98. The molecule has 0 aliphatic rings. The zero-order chi connectivity index (χ0) is 18.8. The molecule has 0 fully saturated rings. The number of hydrogen-bond donors (Lipinski definition) is 2. The van der Waals surface area contributed by atoms with Crippen LogP contribution in [-0.4, -0.2) is 41.1 Å². The van der Waals surface area contributed by atoms with Gasteiger partial charge in [0.1, 0.15) is 5.82 Å². The molecule has 0 atom stereocenters. The van der Waals surface area contributed by atoms with E-state index >= 15 is 0 Å². The van der Waals surface area contributed by atoms with Crippen molar-refractivity contribution in [2.75, 3.05) is 25.4 Å². The molecule has 2 aromatic rings. The van der Waals surface area contributed by atoms with Crippen LogP contribution in [0.1, 0.15) is 24.7 Å². The normalized spacial score (nSPS) is 11.2. The Kier molecular flexibility index (Phi) is 11.4. The number of thioether (sulfide) groups is 1. The second-order valence-electron chi connectivity index (χ2n) is 5.99. The molecule has 27 heavy (non-hydrogen) atoms. The molecule has 0 aliphatic carbocycles. The molecule has 0 unspecified atom stereocenters. The second kappa shape index (κ2) is 13.0. The zero-order valence-corrected chi connectivity index (χ0v) is 19.3. The van der Waals surface area contributed by atoms with E-state index in [4.69, 9.17) is 0 Å².